The van der Waals surface area contributed by atoms with Crippen molar-refractivity contribution in [2.24, 2.45) is 16.6 Å². The van der Waals surface area contributed by atoms with Crippen LogP contribution in [0, 0.1) is 12.8 Å². The highest BCUT2D eigenvalue weighted by atomic mass is 127. The van der Waals surface area contributed by atoms with Crippen LogP contribution in [0.3, 0.4) is 0 Å². The standard InChI is InChI=1S/C18H27N5.HI/c1-14-8-12-22(13-9-14)18(19)20-10-5-11-23-15(2)21-16-6-3-4-7-17(16)23;/h3-4,6-7,14H,5,8-13H2,1-2H3,(H2,19,20);1H. The third kappa shape index (κ3) is 4.40. The second-order valence-electron chi connectivity index (χ2n) is 6.56. The minimum absolute atomic E-state index is 0. The smallest absolute Gasteiger partial charge is 0.191 e. The largest absolute Gasteiger partial charge is 0.370 e. The van der Waals surface area contributed by atoms with E-state index in [9.17, 15) is 0 Å². The SMILES string of the molecule is Cc1nc2ccccc2n1CCCN=C(N)N1CCC(C)CC1.I. The van der Waals surface area contributed by atoms with Crippen molar-refractivity contribution in [3.63, 3.8) is 0 Å². The molecule has 0 atom stereocenters. The molecule has 0 unspecified atom stereocenters. The van der Waals surface area contributed by atoms with Crippen molar-refractivity contribution in [3.05, 3.63) is 30.1 Å². The normalized spacial score (nSPS) is 16.4. The maximum absolute atomic E-state index is 6.13. The predicted molar refractivity (Wildman–Crippen MR) is 111 cm³/mol. The first-order valence-corrected chi connectivity index (χ1v) is 8.62. The Kier molecular flexibility index (Phi) is 6.89. The van der Waals surface area contributed by atoms with Crippen molar-refractivity contribution in [2.75, 3.05) is 19.6 Å². The lowest BCUT2D eigenvalue weighted by Crippen LogP contribution is -2.42. The minimum Gasteiger partial charge on any atom is -0.370 e. The highest BCUT2D eigenvalue weighted by molar-refractivity contribution is 14.0. The number of benzene rings is 1. The monoisotopic (exact) mass is 441 g/mol. The van der Waals surface area contributed by atoms with Gasteiger partial charge < -0.3 is 15.2 Å². The number of fused-ring (bicyclic) bond motifs is 1. The zero-order chi connectivity index (χ0) is 16.2. The third-order valence-electron chi connectivity index (χ3n) is 4.77. The molecule has 132 valence electrons. The van der Waals surface area contributed by atoms with E-state index in [0.29, 0.717) is 5.96 Å². The highest BCUT2D eigenvalue weighted by Gasteiger charge is 2.16. The van der Waals surface area contributed by atoms with Gasteiger partial charge in [0.1, 0.15) is 5.82 Å². The molecular weight excluding hydrogens is 413 g/mol. The number of para-hydroxylation sites is 2. The molecule has 0 amide bonds. The summed E-state index contributed by atoms with van der Waals surface area (Å²) in [6.45, 7) is 8.16. The molecule has 1 aromatic heterocycles. The molecule has 1 aliphatic heterocycles. The number of nitrogens with zero attached hydrogens (tertiary/aromatic N) is 4. The number of rotatable bonds is 4. The molecule has 6 heteroatoms. The second kappa shape index (κ2) is 8.69. The van der Waals surface area contributed by atoms with Gasteiger partial charge in [-0.2, -0.15) is 0 Å². The number of aryl methyl sites for hydroxylation is 2. The number of likely N-dealkylation sites (tertiary alicyclic amines) is 1. The predicted octanol–water partition coefficient (Wildman–Crippen LogP) is 3.40. The molecule has 1 aliphatic rings. The molecule has 5 nitrogen and oxygen atoms in total. The quantitative estimate of drug-likeness (QED) is 0.343. The average Bonchev–Trinajstić information content (AvgIpc) is 2.87. The number of guanidine groups is 1. The number of hydrogen-bond acceptors (Lipinski definition) is 2. The molecule has 0 aliphatic carbocycles. The first-order chi connectivity index (χ1) is 11.1. The fourth-order valence-corrected chi connectivity index (χ4v) is 3.24. The molecule has 2 aromatic rings. The second-order valence-corrected chi connectivity index (χ2v) is 6.56. The van der Waals surface area contributed by atoms with Gasteiger partial charge in [-0.25, -0.2) is 4.98 Å². The maximum Gasteiger partial charge on any atom is 0.191 e. The van der Waals surface area contributed by atoms with Gasteiger partial charge in [0.25, 0.3) is 0 Å². The Balaban J connectivity index is 0.00000208. The van der Waals surface area contributed by atoms with Crippen molar-refractivity contribution in [3.8, 4) is 0 Å². The van der Waals surface area contributed by atoms with E-state index in [1.165, 1.54) is 18.4 Å². The first-order valence-electron chi connectivity index (χ1n) is 8.62. The minimum atomic E-state index is 0. The molecule has 0 bridgehead atoms. The van der Waals surface area contributed by atoms with Gasteiger partial charge in [-0.15, -0.1) is 24.0 Å². The highest BCUT2D eigenvalue weighted by Crippen LogP contribution is 2.16. The molecular formula is C18H28IN5. The van der Waals surface area contributed by atoms with Crippen LogP contribution >= 0.6 is 24.0 Å². The topological polar surface area (TPSA) is 59.4 Å². The van der Waals surface area contributed by atoms with E-state index in [-0.39, 0.29) is 24.0 Å². The summed E-state index contributed by atoms with van der Waals surface area (Å²) in [6, 6.07) is 8.28. The Hall–Kier alpha value is -1.31. The number of hydrogen-bond donors (Lipinski definition) is 1. The van der Waals surface area contributed by atoms with Crippen molar-refractivity contribution in [2.45, 2.75) is 39.7 Å². The lowest BCUT2D eigenvalue weighted by atomic mass is 10.00. The fourth-order valence-electron chi connectivity index (χ4n) is 3.24. The number of nitrogens with two attached hydrogens (primary N) is 1. The summed E-state index contributed by atoms with van der Waals surface area (Å²) in [5.41, 5.74) is 8.40. The summed E-state index contributed by atoms with van der Waals surface area (Å²) < 4.78 is 2.27. The average molecular weight is 441 g/mol. The van der Waals surface area contributed by atoms with Crippen LogP contribution in [0.4, 0.5) is 0 Å². The molecule has 0 saturated carbocycles. The summed E-state index contributed by atoms with van der Waals surface area (Å²) in [6.07, 6.45) is 3.42. The molecule has 2 N–H and O–H groups in total. The molecule has 3 rings (SSSR count). The Bertz CT molecular complexity index is 686. The molecule has 24 heavy (non-hydrogen) atoms. The van der Waals surface area contributed by atoms with E-state index < -0.39 is 0 Å². The molecule has 0 radical (unpaired) electrons. The fraction of sp³-hybridized carbons (Fsp3) is 0.556. The van der Waals surface area contributed by atoms with E-state index in [0.717, 1.165) is 49.9 Å². The number of piperidine rings is 1. The zero-order valence-electron chi connectivity index (χ0n) is 14.6. The van der Waals surface area contributed by atoms with Crippen LogP contribution in [0.1, 0.15) is 32.0 Å². The van der Waals surface area contributed by atoms with Crippen molar-refractivity contribution in [1.82, 2.24) is 14.5 Å². The Morgan fingerprint density at radius 1 is 1.29 bits per heavy atom. The van der Waals surface area contributed by atoms with Gasteiger partial charge in [-0.1, -0.05) is 19.1 Å². The maximum atomic E-state index is 6.13. The van der Waals surface area contributed by atoms with Crippen LogP contribution in [-0.2, 0) is 6.54 Å². The van der Waals surface area contributed by atoms with Gasteiger partial charge in [0.15, 0.2) is 5.96 Å². The lowest BCUT2D eigenvalue weighted by molar-refractivity contribution is 0.277. The lowest BCUT2D eigenvalue weighted by Gasteiger charge is -2.31. The van der Waals surface area contributed by atoms with Gasteiger partial charge in [0, 0.05) is 26.2 Å². The number of halogens is 1. The molecule has 1 fully saturated rings. The van der Waals surface area contributed by atoms with Gasteiger partial charge in [-0.05, 0) is 44.2 Å². The van der Waals surface area contributed by atoms with Gasteiger partial charge in [0.05, 0.1) is 11.0 Å². The third-order valence-corrected chi connectivity index (χ3v) is 4.77. The zero-order valence-corrected chi connectivity index (χ0v) is 16.9. The van der Waals surface area contributed by atoms with E-state index in [1.54, 1.807) is 0 Å². The van der Waals surface area contributed by atoms with Crippen molar-refractivity contribution in [1.29, 1.82) is 0 Å². The molecule has 2 heterocycles. The summed E-state index contributed by atoms with van der Waals surface area (Å²) >= 11 is 0. The van der Waals surface area contributed by atoms with E-state index >= 15 is 0 Å². The Labute approximate surface area is 161 Å². The molecule has 1 aromatic carbocycles. The van der Waals surface area contributed by atoms with Crippen LogP contribution in [0.5, 0.6) is 0 Å². The van der Waals surface area contributed by atoms with Gasteiger partial charge >= 0.3 is 0 Å². The van der Waals surface area contributed by atoms with Crippen LogP contribution < -0.4 is 5.73 Å². The summed E-state index contributed by atoms with van der Waals surface area (Å²) in [5, 5.41) is 0. The first kappa shape index (κ1) is 19.0. The van der Waals surface area contributed by atoms with E-state index in [4.69, 9.17) is 5.73 Å². The number of aromatic nitrogens is 2. The van der Waals surface area contributed by atoms with E-state index in [1.807, 2.05) is 6.07 Å². The van der Waals surface area contributed by atoms with Crippen LogP contribution in [-0.4, -0.2) is 40.0 Å². The van der Waals surface area contributed by atoms with Crippen LogP contribution in [0.15, 0.2) is 29.3 Å². The Morgan fingerprint density at radius 3 is 2.75 bits per heavy atom. The summed E-state index contributed by atoms with van der Waals surface area (Å²) in [7, 11) is 0. The van der Waals surface area contributed by atoms with Gasteiger partial charge in [-0.3, -0.25) is 4.99 Å². The molecule has 1 saturated heterocycles. The van der Waals surface area contributed by atoms with Crippen molar-refractivity contribution >= 4 is 41.0 Å². The van der Waals surface area contributed by atoms with Crippen molar-refractivity contribution < 1.29 is 0 Å². The summed E-state index contributed by atoms with van der Waals surface area (Å²) in [5.74, 6) is 2.59. The number of aliphatic imine (C=N–C) groups is 1. The molecule has 0 spiro atoms. The van der Waals surface area contributed by atoms with Crippen LogP contribution in [0.25, 0.3) is 11.0 Å². The Morgan fingerprint density at radius 2 is 2.00 bits per heavy atom. The van der Waals surface area contributed by atoms with Crippen LogP contribution in [0.2, 0.25) is 0 Å². The summed E-state index contributed by atoms with van der Waals surface area (Å²) in [4.78, 5) is 11.4. The van der Waals surface area contributed by atoms with E-state index in [2.05, 4.69) is 51.5 Å². The number of imidazole rings is 1. The van der Waals surface area contributed by atoms with Gasteiger partial charge in [0.2, 0.25) is 0 Å².